The van der Waals surface area contributed by atoms with E-state index in [2.05, 4.69) is 15.9 Å². The monoisotopic (exact) mass is 570 g/mol. The van der Waals surface area contributed by atoms with Crippen LogP contribution in [0.1, 0.15) is 44.4 Å². The highest BCUT2D eigenvalue weighted by Gasteiger charge is 2.33. The van der Waals surface area contributed by atoms with Crippen LogP contribution in [0.15, 0.2) is 68.0 Å². The lowest BCUT2D eigenvalue weighted by molar-refractivity contribution is -0.136. The molecule has 2 heterocycles. The molecule has 0 spiro atoms. The van der Waals surface area contributed by atoms with Gasteiger partial charge < -0.3 is 14.2 Å². The number of carbonyl (C=O) groups is 1. The summed E-state index contributed by atoms with van der Waals surface area (Å²) >= 11 is 4.79. The van der Waals surface area contributed by atoms with Crippen molar-refractivity contribution in [3.63, 3.8) is 0 Å². The molecule has 0 radical (unpaired) electrons. The first-order valence-electron chi connectivity index (χ1n) is 11.5. The van der Waals surface area contributed by atoms with Gasteiger partial charge in [-0.15, -0.1) is 0 Å². The van der Waals surface area contributed by atoms with E-state index in [1.165, 1.54) is 18.4 Å². The van der Waals surface area contributed by atoms with E-state index in [1.54, 1.807) is 17.8 Å². The molecular formula is C27H27BrN2O5S. The summed E-state index contributed by atoms with van der Waals surface area (Å²) in [6.45, 7) is 5.79. The van der Waals surface area contributed by atoms with Gasteiger partial charge in [-0.1, -0.05) is 64.5 Å². The second-order valence-electron chi connectivity index (χ2n) is 8.39. The molecule has 0 fully saturated rings. The number of fused-ring (bicyclic) bond motifs is 1. The Labute approximate surface area is 221 Å². The fraction of sp³-hybridized carbons (Fsp3) is 0.296. The van der Waals surface area contributed by atoms with Gasteiger partial charge in [0.15, 0.2) is 16.3 Å². The zero-order valence-electron chi connectivity index (χ0n) is 20.7. The zero-order chi connectivity index (χ0) is 26.0. The van der Waals surface area contributed by atoms with Crippen molar-refractivity contribution in [3.8, 4) is 11.5 Å². The van der Waals surface area contributed by atoms with Gasteiger partial charge in [0, 0.05) is 10.0 Å². The number of ether oxygens (including phenoxy) is 3. The lowest BCUT2D eigenvalue weighted by atomic mass is 9.95. The number of hydrogen-bond donors (Lipinski definition) is 0. The number of allylic oxidation sites excluding steroid dienone is 1. The minimum absolute atomic E-state index is 0.0961. The molecule has 0 saturated heterocycles. The summed E-state index contributed by atoms with van der Waals surface area (Å²) in [5, 5.41) is 0. The molecule has 1 aliphatic heterocycles. The predicted molar refractivity (Wildman–Crippen MR) is 143 cm³/mol. The lowest BCUT2D eigenvalue weighted by Crippen LogP contribution is -2.40. The largest absolute Gasteiger partial charge is 0.493 e. The maximum atomic E-state index is 13.8. The summed E-state index contributed by atoms with van der Waals surface area (Å²) < 4.78 is 19.5. The molecule has 0 bridgehead atoms. The van der Waals surface area contributed by atoms with Crippen molar-refractivity contribution >= 4 is 39.3 Å². The number of methoxy groups -OCH3 is 2. The first kappa shape index (κ1) is 25.9. The van der Waals surface area contributed by atoms with Gasteiger partial charge in [-0.05, 0) is 44.0 Å². The zero-order valence-corrected chi connectivity index (χ0v) is 23.1. The Morgan fingerprint density at radius 3 is 2.56 bits per heavy atom. The predicted octanol–water partition coefficient (Wildman–Crippen LogP) is 4.36. The Bertz CT molecular complexity index is 1510. The van der Waals surface area contributed by atoms with Gasteiger partial charge in [-0.2, -0.15) is 0 Å². The van der Waals surface area contributed by atoms with Crippen LogP contribution >= 0.6 is 27.3 Å². The molecule has 1 aromatic heterocycles. The molecule has 9 heteroatoms. The number of rotatable bonds is 7. The third kappa shape index (κ3) is 4.90. The number of aromatic nitrogens is 1. The van der Waals surface area contributed by atoms with Crippen LogP contribution < -0.4 is 24.4 Å². The molecule has 0 aliphatic carbocycles. The van der Waals surface area contributed by atoms with Crippen LogP contribution in [-0.2, 0) is 9.53 Å². The van der Waals surface area contributed by atoms with Crippen molar-refractivity contribution in [2.75, 3.05) is 14.2 Å². The summed E-state index contributed by atoms with van der Waals surface area (Å²) in [4.78, 5) is 32.0. The van der Waals surface area contributed by atoms with Gasteiger partial charge in [-0.25, -0.2) is 9.79 Å². The fourth-order valence-electron chi connectivity index (χ4n) is 4.17. The van der Waals surface area contributed by atoms with Crippen LogP contribution in [0.5, 0.6) is 11.5 Å². The molecular weight excluding hydrogens is 544 g/mol. The van der Waals surface area contributed by atoms with E-state index in [4.69, 9.17) is 19.2 Å². The molecule has 188 valence electrons. The van der Waals surface area contributed by atoms with Crippen LogP contribution in [0, 0.1) is 0 Å². The summed E-state index contributed by atoms with van der Waals surface area (Å²) in [5.74, 6) is 0.606. The van der Waals surface area contributed by atoms with Gasteiger partial charge in [0.25, 0.3) is 5.56 Å². The summed E-state index contributed by atoms with van der Waals surface area (Å²) in [6.07, 6.45) is 2.21. The highest BCUT2D eigenvalue weighted by Crippen LogP contribution is 2.36. The minimum atomic E-state index is -0.643. The Morgan fingerprint density at radius 2 is 1.94 bits per heavy atom. The molecule has 7 nitrogen and oxygen atoms in total. The van der Waals surface area contributed by atoms with Crippen molar-refractivity contribution < 1.29 is 19.0 Å². The second kappa shape index (κ2) is 10.8. The molecule has 1 aliphatic rings. The topological polar surface area (TPSA) is 79.1 Å². The van der Waals surface area contributed by atoms with Crippen LogP contribution in [-0.4, -0.2) is 30.9 Å². The number of hydrogen-bond acceptors (Lipinski definition) is 7. The molecule has 0 unspecified atom stereocenters. The average Bonchev–Trinajstić information content (AvgIpc) is 3.18. The molecule has 3 aromatic rings. The number of carbonyl (C=O) groups excluding carboxylic acids is 1. The minimum Gasteiger partial charge on any atom is -0.493 e. The third-order valence-corrected chi connectivity index (χ3v) is 7.11. The third-order valence-electron chi connectivity index (χ3n) is 5.67. The van der Waals surface area contributed by atoms with E-state index in [9.17, 15) is 9.59 Å². The van der Waals surface area contributed by atoms with E-state index in [-0.39, 0.29) is 11.7 Å². The quantitative estimate of drug-likeness (QED) is 0.394. The highest BCUT2D eigenvalue weighted by molar-refractivity contribution is 9.10. The van der Waals surface area contributed by atoms with Gasteiger partial charge in [0.05, 0.1) is 42.2 Å². The van der Waals surface area contributed by atoms with E-state index in [1.807, 2.05) is 63.2 Å². The first-order valence-corrected chi connectivity index (χ1v) is 13.1. The number of halogens is 1. The summed E-state index contributed by atoms with van der Waals surface area (Å²) in [6, 6.07) is 12.5. The van der Waals surface area contributed by atoms with Crippen LogP contribution in [0.3, 0.4) is 0 Å². The second-order valence-corrected chi connectivity index (χ2v) is 10.3. The maximum absolute atomic E-state index is 13.8. The Morgan fingerprint density at radius 1 is 1.22 bits per heavy atom. The van der Waals surface area contributed by atoms with Crippen LogP contribution in [0.4, 0.5) is 0 Å². The molecule has 2 aromatic carbocycles. The summed E-state index contributed by atoms with van der Waals surface area (Å²) in [7, 11) is 2.92. The van der Waals surface area contributed by atoms with Crippen molar-refractivity contribution in [1.29, 1.82) is 0 Å². The fourth-order valence-corrected chi connectivity index (χ4v) is 5.63. The van der Waals surface area contributed by atoms with Crippen LogP contribution in [0.25, 0.3) is 6.08 Å². The van der Waals surface area contributed by atoms with E-state index < -0.39 is 12.0 Å². The molecule has 4 rings (SSSR count). The first-order chi connectivity index (χ1) is 17.3. The average molecular weight is 571 g/mol. The van der Waals surface area contributed by atoms with Gasteiger partial charge >= 0.3 is 5.97 Å². The molecule has 0 N–H and O–H groups in total. The maximum Gasteiger partial charge on any atom is 0.338 e. The molecule has 0 saturated carbocycles. The molecule has 36 heavy (non-hydrogen) atoms. The Balaban J connectivity index is 2.01. The van der Waals surface area contributed by atoms with E-state index in [0.29, 0.717) is 44.1 Å². The van der Waals surface area contributed by atoms with Crippen molar-refractivity contribution in [3.05, 3.63) is 89.0 Å². The highest BCUT2D eigenvalue weighted by atomic mass is 79.9. The number of esters is 1. The van der Waals surface area contributed by atoms with Crippen molar-refractivity contribution in [1.82, 2.24) is 4.57 Å². The van der Waals surface area contributed by atoms with Crippen LogP contribution in [0.2, 0.25) is 0 Å². The normalized spacial score (nSPS) is 15.5. The number of nitrogens with zero attached hydrogens (tertiary/aromatic N) is 2. The van der Waals surface area contributed by atoms with Gasteiger partial charge in [0.2, 0.25) is 0 Å². The Kier molecular flexibility index (Phi) is 7.80. The smallest absolute Gasteiger partial charge is 0.338 e. The van der Waals surface area contributed by atoms with E-state index >= 15 is 0 Å². The van der Waals surface area contributed by atoms with Crippen molar-refractivity contribution in [2.24, 2.45) is 4.99 Å². The Hall–Kier alpha value is -3.17. The number of thiazole rings is 1. The van der Waals surface area contributed by atoms with Gasteiger partial charge in [-0.3, -0.25) is 9.36 Å². The van der Waals surface area contributed by atoms with Crippen molar-refractivity contribution in [2.45, 2.75) is 39.3 Å². The lowest BCUT2D eigenvalue weighted by Gasteiger charge is -2.25. The standard InChI is InChI=1S/C27H27BrN2O5S/c1-6-19-22(26(32)34-5)23(16-10-8-7-9-11-16)30-25(31)21(36-27(30)29-19)13-17-12-18(28)14-20(33-4)24(17)35-15(2)3/h7-15,23H,6H2,1-5H3/b21-13+/t23-/m0/s1. The molecule has 0 amide bonds. The molecule has 1 atom stereocenters. The number of benzene rings is 2. The SMILES string of the molecule is CCC1=C(C(=O)OC)[C@H](c2ccccc2)n2c(s/c(=C/c3cc(Br)cc(OC)c3OC(C)C)c2=O)=N1. The summed E-state index contributed by atoms with van der Waals surface area (Å²) in [5.41, 5.74) is 2.23. The van der Waals surface area contributed by atoms with Gasteiger partial charge in [0.1, 0.15) is 0 Å². The van der Waals surface area contributed by atoms with E-state index in [0.717, 1.165) is 10.0 Å².